The number of carbonyl (C=O) groups is 2. The normalized spacial score (nSPS) is 11.3. The molecule has 0 aliphatic carbocycles. The molecule has 0 aromatic heterocycles. The van der Waals surface area contributed by atoms with Crippen molar-refractivity contribution in [1.82, 2.24) is 5.32 Å². The van der Waals surface area contributed by atoms with E-state index < -0.39 is 17.9 Å². The Morgan fingerprint density at radius 1 is 1.53 bits per heavy atom. The molecule has 0 radical (unpaired) electrons. The molecule has 0 saturated carbocycles. The Bertz CT molecular complexity index is 260. The first-order valence-electron chi connectivity index (χ1n) is 4.83. The molecule has 1 N–H and O–H groups in total. The van der Waals surface area contributed by atoms with Gasteiger partial charge in [0.05, 0.1) is 7.11 Å². The minimum Gasteiger partial charge on any atom is -0.467 e. The van der Waals surface area contributed by atoms with Gasteiger partial charge >= 0.3 is 18.4 Å². The van der Waals surface area contributed by atoms with E-state index in [-0.39, 0.29) is 6.54 Å². The topological polar surface area (TPSA) is 83.5 Å². The molecule has 0 spiro atoms. The lowest BCUT2D eigenvalue weighted by molar-refractivity contribution is -0.145. The quantitative estimate of drug-likeness (QED) is 0.520. The highest BCUT2D eigenvalue weighted by atomic mass is 16.5. The molecular formula is C9H16N3O3+. The maximum absolute atomic E-state index is 11.2. The molecule has 6 nitrogen and oxygen atoms in total. The predicted molar refractivity (Wildman–Crippen MR) is 53.4 cm³/mol. The van der Waals surface area contributed by atoms with Gasteiger partial charge in [-0.15, -0.1) is 0 Å². The molecular weight excluding hydrogens is 198 g/mol. The molecule has 0 aromatic rings. The maximum atomic E-state index is 11.2. The Morgan fingerprint density at radius 2 is 2.20 bits per heavy atom. The Labute approximate surface area is 88.6 Å². The first kappa shape index (κ1) is 13.4. The molecule has 0 fully saturated rings. The number of rotatable bonds is 6. The Hall–Kier alpha value is -1.64. The van der Waals surface area contributed by atoms with E-state index in [2.05, 4.69) is 15.0 Å². The van der Waals surface area contributed by atoms with Crippen LogP contribution in [-0.4, -0.2) is 31.6 Å². The zero-order valence-electron chi connectivity index (χ0n) is 9.02. The van der Waals surface area contributed by atoms with Crippen molar-refractivity contribution < 1.29 is 14.3 Å². The largest absolute Gasteiger partial charge is 0.467 e. The standard InChI is InChI=1S/C9H15N3O3/c1-3-4-5-7(9(14)15-2)12-8(13)6-11-10/h7H,3-6H2,1-2H3/p+1. The number of nitrogens with zero attached hydrogens (tertiary/aromatic N) is 2. The molecule has 0 aliphatic heterocycles. The van der Waals surface area contributed by atoms with Crippen LogP contribution in [-0.2, 0) is 14.3 Å². The van der Waals surface area contributed by atoms with E-state index in [1.54, 1.807) is 0 Å². The van der Waals surface area contributed by atoms with E-state index in [0.29, 0.717) is 6.42 Å². The van der Waals surface area contributed by atoms with Gasteiger partial charge in [-0.3, -0.25) is 4.79 Å². The number of diazo groups is 1. The fourth-order valence-corrected chi connectivity index (χ4v) is 1.10. The average molecular weight is 214 g/mol. The molecule has 15 heavy (non-hydrogen) atoms. The molecule has 0 aromatic carbocycles. The van der Waals surface area contributed by atoms with Gasteiger partial charge in [0.15, 0.2) is 0 Å². The summed E-state index contributed by atoms with van der Waals surface area (Å²) in [5.74, 6) is -0.973. The van der Waals surface area contributed by atoms with E-state index in [1.807, 2.05) is 6.92 Å². The Kier molecular flexibility index (Phi) is 6.89. The van der Waals surface area contributed by atoms with Crippen molar-refractivity contribution in [1.29, 1.82) is 5.39 Å². The van der Waals surface area contributed by atoms with E-state index in [4.69, 9.17) is 5.39 Å². The summed E-state index contributed by atoms with van der Waals surface area (Å²) in [7, 11) is 1.27. The Balaban J connectivity index is 4.18. The molecule has 0 rings (SSSR count). The summed E-state index contributed by atoms with van der Waals surface area (Å²) in [6.45, 7) is 1.62. The molecule has 1 atom stereocenters. The van der Waals surface area contributed by atoms with Crippen LogP contribution in [0.25, 0.3) is 4.98 Å². The van der Waals surface area contributed by atoms with Gasteiger partial charge < -0.3 is 10.1 Å². The van der Waals surface area contributed by atoms with E-state index in [9.17, 15) is 9.59 Å². The van der Waals surface area contributed by atoms with E-state index in [0.717, 1.165) is 12.8 Å². The zero-order chi connectivity index (χ0) is 11.7. The number of unbranched alkanes of at least 4 members (excludes halogenated alkanes) is 1. The van der Waals surface area contributed by atoms with Crippen LogP contribution in [0.2, 0.25) is 0 Å². The third kappa shape index (κ3) is 5.62. The Morgan fingerprint density at radius 3 is 2.67 bits per heavy atom. The average Bonchev–Trinajstić information content (AvgIpc) is 2.23. The highest BCUT2D eigenvalue weighted by Crippen LogP contribution is 2.02. The van der Waals surface area contributed by atoms with Gasteiger partial charge in [0.25, 0.3) is 0 Å². The van der Waals surface area contributed by atoms with Crippen molar-refractivity contribution in [2.75, 3.05) is 13.7 Å². The predicted octanol–water partition coefficient (Wildman–Crippen LogP) is 0.687. The minimum absolute atomic E-state index is 0.361. The third-order valence-electron chi connectivity index (χ3n) is 1.88. The minimum atomic E-state index is -0.649. The van der Waals surface area contributed by atoms with Crippen LogP contribution < -0.4 is 5.32 Å². The molecule has 6 heteroatoms. The first-order chi connectivity index (χ1) is 7.15. The molecule has 0 aliphatic rings. The second kappa shape index (κ2) is 7.74. The van der Waals surface area contributed by atoms with Gasteiger partial charge in [0.2, 0.25) is 5.39 Å². The highest BCUT2D eigenvalue weighted by molar-refractivity contribution is 5.86. The van der Waals surface area contributed by atoms with Crippen molar-refractivity contribution >= 4 is 11.9 Å². The van der Waals surface area contributed by atoms with E-state index >= 15 is 0 Å². The number of carbonyl (C=O) groups excluding carboxylic acids is 2. The number of amides is 1. The van der Waals surface area contributed by atoms with Gasteiger partial charge in [-0.2, -0.15) is 0 Å². The second-order valence-electron chi connectivity index (χ2n) is 3.09. The van der Waals surface area contributed by atoms with Crippen molar-refractivity contribution in [2.24, 2.45) is 0 Å². The summed E-state index contributed by atoms with van der Waals surface area (Å²) in [5.41, 5.74) is 0. The van der Waals surface area contributed by atoms with Crippen molar-refractivity contribution in [3.8, 4) is 0 Å². The van der Waals surface area contributed by atoms with Crippen LogP contribution in [0.5, 0.6) is 0 Å². The van der Waals surface area contributed by atoms with Gasteiger partial charge in [0, 0.05) is 0 Å². The molecule has 84 valence electrons. The first-order valence-corrected chi connectivity index (χ1v) is 4.83. The summed E-state index contributed by atoms with van der Waals surface area (Å²) >= 11 is 0. The fourth-order valence-electron chi connectivity index (χ4n) is 1.10. The van der Waals surface area contributed by atoms with Gasteiger partial charge in [-0.05, 0) is 6.42 Å². The molecule has 0 heterocycles. The highest BCUT2D eigenvalue weighted by Gasteiger charge is 2.22. The summed E-state index contributed by atoms with van der Waals surface area (Å²) in [4.78, 5) is 25.0. The van der Waals surface area contributed by atoms with Crippen molar-refractivity contribution in [3.63, 3.8) is 0 Å². The van der Waals surface area contributed by atoms with Crippen LogP contribution in [0.1, 0.15) is 26.2 Å². The lowest BCUT2D eigenvalue weighted by Gasteiger charge is -2.13. The molecule has 0 bridgehead atoms. The lowest BCUT2D eigenvalue weighted by Crippen LogP contribution is -2.42. The summed E-state index contributed by atoms with van der Waals surface area (Å²) < 4.78 is 4.54. The number of ether oxygens (including phenoxy) is 1. The number of nitrogens with one attached hydrogen (secondary N) is 1. The van der Waals surface area contributed by atoms with Crippen LogP contribution in [0.4, 0.5) is 0 Å². The number of hydrogen-bond acceptors (Lipinski definition) is 4. The zero-order valence-corrected chi connectivity index (χ0v) is 9.02. The van der Waals surface area contributed by atoms with Crippen LogP contribution in [0, 0.1) is 5.39 Å². The monoisotopic (exact) mass is 214 g/mol. The number of hydrogen-bond donors (Lipinski definition) is 1. The SMILES string of the molecule is CCCCC(NC(=O)C[N+]#N)C(=O)OC. The number of methoxy groups -OCH3 is 1. The summed E-state index contributed by atoms with van der Waals surface area (Å²) in [6.07, 6.45) is 2.27. The van der Waals surface area contributed by atoms with Crippen LogP contribution in [0.3, 0.4) is 0 Å². The number of esters is 1. The third-order valence-corrected chi connectivity index (χ3v) is 1.88. The lowest BCUT2D eigenvalue weighted by atomic mass is 10.1. The summed E-state index contributed by atoms with van der Waals surface area (Å²) in [6, 6.07) is -0.649. The van der Waals surface area contributed by atoms with Gasteiger partial charge in [-0.25, -0.2) is 4.79 Å². The van der Waals surface area contributed by atoms with Crippen LogP contribution >= 0.6 is 0 Å². The summed E-state index contributed by atoms with van der Waals surface area (Å²) in [5, 5.41) is 10.6. The maximum Gasteiger partial charge on any atom is 0.381 e. The smallest absolute Gasteiger partial charge is 0.381 e. The van der Waals surface area contributed by atoms with E-state index in [1.165, 1.54) is 7.11 Å². The fraction of sp³-hybridized carbons (Fsp3) is 0.778. The van der Waals surface area contributed by atoms with Crippen molar-refractivity contribution in [2.45, 2.75) is 32.2 Å². The van der Waals surface area contributed by atoms with Crippen molar-refractivity contribution in [3.05, 3.63) is 4.98 Å². The molecule has 1 unspecified atom stereocenters. The van der Waals surface area contributed by atoms with Gasteiger partial charge in [0.1, 0.15) is 11.0 Å². The molecule has 0 saturated heterocycles. The van der Waals surface area contributed by atoms with Crippen LogP contribution in [0.15, 0.2) is 0 Å². The molecule has 1 amide bonds. The second-order valence-corrected chi connectivity index (χ2v) is 3.09. The van der Waals surface area contributed by atoms with Gasteiger partial charge in [-0.1, -0.05) is 19.8 Å².